The van der Waals surface area contributed by atoms with E-state index in [1.807, 2.05) is 4.90 Å². The monoisotopic (exact) mass is 246 g/mol. The number of carbonyl (C=O) groups excluding carboxylic acids is 1. The first-order chi connectivity index (χ1) is 8.75. The van der Waals surface area contributed by atoms with Gasteiger partial charge >= 0.3 is 0 Å². The average Bonchev–Trinajstić information content (AvgIpc) is 2.81. The first kappa shape index (κ1) is 11.3. The second kappa shape index (κ2) is 4.44. The molecule has 2 aromatic rings. The quantitative estimate of drug-likeness (QED) is 0.825. The summed E-state index contributed by atoms with van der Waals surface area (Å²) in [6.45, 7) is 1.65. The largest absolute Gasteiger partial charge is 0.360 e. The molecule has 2 heterocycles. The zero-order chi connectivity index (χ0) is 12.5. The smallest absolute Gasteiger partial charge is 0.256 e. The van der Waals surface area contributed by atoms with Crippen LogP contribution >= 0.6 is 0 Å². The van der Waals surface area contributed by atoms with E-state index < -0.39 is 0 Å². The summed E-state index contributed by atoms with van der Waals surface area (Å²) >= 11 is 0. The number of hydrogen-bond acceptors (Lipinski definition) is 1. The molecule has 3 nitrogen and oxygen atoms in total. The predicted molar refractivity (Wildman–Crippen MR) is 68.0 cm³/mol. The maximum atomic E-state index is 13.1. The van der Waals surface area contributed by atoms with Crippen molar-refractivity contribution in [2.75, 3.05) is 13.1 Å². The summed E-state index contributed by atoms with van der Waals surface area (Å²) in [5, 5.41) is 0.798. The van der Waals surface area contributed by atoms with Gasteiger partial charge in [-0.05, 0) is 37.5 Å². The molecule has 3 rings (SSSR count). The topological polar surface area (TPSA) is 36.1 Å². The molecule has 4 heteroatoms. The molecule has 1 aliphatic heterocycles. The van der Waals surface area contributed by atoms with Gasteiger partial charge < -0.3 is 9.88 Å². The van der Waals surface area contributed by atoms with Crippen LogP contribution in [-0.4, -0.2) is 28.9 Å². The lowest BCUT2D eigenvalue weighted by atomic mass is 10.1. The van der Waals surface area contributed by atoms with Crippen LogP contribution < -0.4 is 0 Å². The Kier molecular flexibility index (Phi) is 2.78. The second-order valence-electron chi connectivity index (χ2n) is 4.75. The Hall–Kier alpha value is -1.84. The molecule has 0 atom stereocenters. The van der Waals surface area contributed by atoms with Gasteiger partial charge in [-0.15, -0.1) is 0 Å². The molecule has 0 saturated carbocycles. The molecule has 1 aliphatic rings. The van der Waals surface area contributed by atoms with E-state index >= 15 is 0 Å². The Balaban J connectivity index is 1.96. The van der Waals surface area contributed by atoms with Gasteiger partial charge in [-0.3, -0.25) is 4.79 Å². The van der Waals surface area contributed by atoms with Crippen LogP contribution in [0.25, 0.3) is 10.9 Å². The van der Waals surface area contributed by atoms with Gasteiger partial charge in [0.2, 0.25) is 0 Å². The van der Waals surface area contributed by atoms with Gasteiger partial charge in [0.05, 0.1) is 5.56 Å². The summed E-state index contributed by atoms with van der Waals surface area (Å²) in [5.41, 5.74) is 1.32. The lowest BCUT2D eigenvalue weighted by molar-refractivity contribution is 0.0726. The van der Waals surface area contributed by atoms with Crippen molar-refractivity contribution in [3.63, 3.8) is 0 Å². The van der Waals surface area contributed by atoms with Crippen molar-refractivity contribution in [3.05, 3.63) is 35.8 Å². The van der Waals surface area contributed by atoms with Crippen LogP contribution in [0.3, 0.4) is 0 Å². The van der Waals surface area contributed by atoms with Crippen molar-refractivity contribution in [2.24, 2.45) is 0 Å². The van der Waals surface area contributed by atoms with Crippen molar-refractivity contribution in [2.45, 2.75) is 19.3 Å². The number of benzene rings is 1. The van der Waals surface area contributed by atoms with Gasteiger partial charge in [0.1, 0.15) is 5.82 Å². The normalized spacial score (nSPS) is 16.2. The molecular formula is C14H15FN2O. The fraction of sp³-hybridized carbons (Fsp3) is 0.357. The number of piperidine rings is 1. The van der Waals surface area contributed by atoms with Crippen molar-refractivity contribution >= 4 is 16.8 Å². The molecule has 0 radical (unpaired) electrons. The molecule has 1 aromatic carbocycles. The van der Waals surface area contributed by atoms with Crippen LogP contribution in [0, 0.1) is 5.82 Å². The third-order valence-corrected chi connectivity index (χ3v) is 3.52. The Bertz CT molecular complexity index is 584. The maximum Gasteiger partial charge on any atom is 0.256 e. The van der Waals surface area contributed by atoms with Gasteiger partial charge in [-0.2, -0.15) is 0 Å². The van der Waals surface area contributed by atoms with Crippen molar-refractivity contribution in [1.82, 2.24) is 9.88 Å². The highest BCUT2D eigenvalue weighted by Gasteiger charge is 2.20. The van der Waals surface area contributed by atoms with Crippen LogP contribution in [0.5, 0.6) is 0 Å². The van der Waals surface area contributed by atoms with Gasteiger partial charge in [0, 0.05) is 30.2 Å². The van der Waals surface area contributed by atoms with E-state index in [0.717, 1.165) is 31.3 Å². The molecule has 1 N–H and O–H groups in total. The molecular weight excluding hydrogens is 231 g/mol. The summed E-state index contributed by atoms with van der Waals surface area (Å²) in [7, 11) is 0. The SMILES string of the molecule is O=C(c1c[nH]c2cc(F)ccc12)N1CCCCC1. The number of fused-ring (bicyclic) bond motifs is 1. The maximum absolute atomic E-state index is 13.1. The third kappa shape index (κ3) is 1.88. The van der Waals surface area contributed by atoms with E-state index in [2.05, 4.69) is 4.98 Å². The lowest BCUT2D eigenvalue weighted by Crippen LogP contribution is -2.35. The Labute approximate surface area is 105 Å². The van der Waals surface area contributed by atoms with Crippen LogP contribution in [-0.2, 0) is 0 Å². The number of likely N-dealkylation sites (tertiary alicyclic amines) is 1. The highest BCUT2D eigenvalue weighted by atomic mass is 19.1. The third-order valence-electron chi connectivity index (χ3n) is 3.52. The average molecular weight is 246 g/mol. The van der Waals surface area contributed by atoms with E-state index in [0.29, 0.717) is 11.1 Å². The number of aromatic nitrogens is 1. The van der Waals surface area contributed by atoms with Crippen LogP contribution in [0.15, 0.2) is 24.4 Å². The zero-order valence-electron chi connectivity index (χ0n) is 10.1. The number of aromatic amines is 1. The zero-order valence-corrected chi connectivity index (χ0v) is 10.1. The minimum absolute atomic E-state index is 0.0487. The number of carbonyl (C=O) groups is 1. The standard InChI is InChI=1S/C14H15FN2O/c15-10-4-5-11-12(9-16-13(11)8-10)14(18)17-6-2-1-3-7-17/h4-5,8-9,16H,1-3,6-7H2. The number of halogens is 1. The highest BCUT2D eigenvalue weighted by Crippen LogP contribution is 2.22. The lowest BCUT2D eigenvalue weighted by Gasteiger charge is -2.26. The molecule has 0 unspecified atom stereocenters. The first-order valence-electron chi connectivity index (χ1n) is 6.31. The van der Waals surface area contributed by atoms with Crippen LogP contribution in [0.2, 0.25) is 0 Å². The molecule has 1 aromatic heterocycles. The van der Waals surface area contributed by atoms with E-state index in [-0.39, 0.29) is 11.7 Å². The van der Waals surface area contributed by atoms with Crippen LogP contribution in [0.1, 0.15) is 29.6 Å². The molecule has 94 valence electrons. The van der Waals surface area contributed by atoms with E-state index in [9.17, 15) is 9.18 Å². The summed E-state index contributed by atoms with van der Waals surface area (Å²) < 4.78 is 13.1. The van der Waals surface area contributed by atoms with Crippen LogP contribution in [0.4, 0.5) is 4.39 Å². The summed E-state index contributed by atoms with van der Waals surface area (Å²) in [6.07, 6.45) is 5.02. The van der Waals surface area contributed by atoms with Gasteiger partial charge in [-0.1, -0.05) is 0 Å². The molecule has 1 saturated heterocycles. The molecule has 18 heavy (non-hydrogen) atoms. The number of amides is 1. The fourth-order valence-electron chi connectivity index (χ4n) is 2.54. The Morgan fingerprint density at radius 1 is 1.22 bits per heavy atom. The number of rotatable bonds is 1. The summed E-state index contributed by atoms with van der Waals surface area (Å²) in [5.74, 6) is -0.242. The van der Waals surface area contributed by atoms with E-state index in [1.54, 1.807) is 12.3 Å². The summed E-state index contributed by atoms with van der Waals surface area (Å²) in [6, 6.07) is 4.48. The van der Waals surface area contributed by atoms with E-state index in [4.69, 9.17) is 0 Å². The van der Waals surface area contributed by atoms with Crippen molar-refractivity contribution in [1.29, 1.82) is 0 Å². The van der Waals surface area contributed by atoms with Gasteiger partial charge in [0.25, 0.3) is 5.91 Å². The van der Waals surface area contributed by atoms with Gasteiger partial charge in [-0.25, -0.2) is 4.39 Å². The van der Waals surface area contributed by atoms with E-state index in [1.165, 1.54) is 18.6 Å². The molecule has 1 amide bonds. The first-order valence-corrected chi connectivity index (χ1v) is 6.31. The number of hydrogen-bond donors (Lipinski definition) is 1. The molecule has 0 aliphatic carbocycles. The molecule has 0 spiro atoms. The molecule has 0 bridgehead atoms. The number of H-pyrrole nitrogens is 1. The predicted octanol–water partition coefficient (Wildman–Crippen LogP) is 2.93. The van der Waals surface area contributed by atoms with Crippen molar-refractivity contribution in [3.8, 4) is 0 Å². The highest BCUT2D eigenvalue weighted by molar-refractivity contribution is 6.06. The fourth-order valence-corrected chi connectivity index (χ4v) is 2.54. The minimum Gasteiger partial charge on any atom is -0.360 e. The van der Waals surface area contributed by atoms with Gasteiger partial charge in [0.15, 0.2) is 0 Å². The second-order valence-corrected chi connectivity index (χ2v) is 4.75. The minimum atomic E-state index is -0.290. The number of nitrogens with zero attached hydrogens (tertiary/aromatic N) is 1. The van der Waals surface area contributed by atoms with Crippen molar-refractivity contribution < 1.29 is 9.18 Å². The Morgan fingerprint density at radius 2 is 2.00 bits per heavy atom. The molecule has 1 fully saturated rings. The number of nitrogens with one attached hydrogen (secondary N) is 1. The Morgan fingerprint density at radius 3 is 2.78 bits per heavy atom. The summed E-state index contributed by atoms with van der Waals surface area (Å²) in [4.78, 5) is 17.2.